The summed E-state index contributed by atoms with van der Waals surface area (Å²) in [6.45, 7) is 2.27. The minimum absolute atomic E-state index is 0.683. The molecular weight excluding hydrogens is 292 g/mol. The van der Waals surface area contributed by atoms with E-state index in [9.17, 15) is 0 Å². The van der Waals surface area contributed by atoms with E-state index < -0.39 is 0 Å². The summed E-state index contributed by atoms with van der Waals surface area (Å²) in [6.07, 6.45) is 11.2. The average molecular weight is 314 g/mol. The van der Waals surface area contributed by atoms with Crippen molar-refractivity contribution >= 4 is 31.9 Å². The van der Waals surface area contributed by atoms with E-state index in [2.05, 4.69) is 38.8 Å². The Morgan fingerprint density at radius 1 is 0.923 bits per heavy atom. The van der Waals surface area contributed by atoms with E-state index in [1.807, 2.05) is 0 Å². The van der Waals surface area contributed by atoms with Crippen LogP contribution < -0.4 is 0 Å². The van der Waals surface area contributed by atoms with E-state index in [0.29, 0.717) is 4.83 Å². The van der Waals surface area contributed by atoms with E-state index >= 15 is 0 Å². The van der Waals surface area contributed by atoms with Crippen molar-refractivity contribution in [3.05, 3.63) is 0 Å². The molecule has 2 heteroatoms. The predicted octanol–water partition coefficient (Wildman–Crippen LogP) is 5.29. The van der Waals surface area contributed by atoms with Gasteiger partial charge in [-0.05, 0) is 6.42 Å². The topological polar surface area (TPSA) is 0 Å². The Kier molecular flexibility index (Phi) is 11.9. The highest BCUT2D eigenvalue weighted by Crippen LogP contribution is 2.14. The van der Waals surface area contributed by atoms with Crippen LogP contribution in [0.4, 0.5) is 0 Å². The molecule has 0 aromatic carbocycles. The van der Waals surface area contributed by atoms with E-state index in [1.54, 1.807) is 0 Å². The van der Waals surface area contributed by atoms with Crippen LogP contribution in [0.15, 0.2) is 0 Å². The molecule has 80 valence electrons. The Balaban J connectivity index is 2.91. The summed E-state index contributed by atoms with van der Waals surface area (Å²) >= 11 is 7.10. The second kappa shape index (κ2) is 11.0. The first-order chi connectivity index (χ1) is 6.31. The molecule has 0 saturated carbocycles. The van der Waals surface area contributed by atoms with E-state index in [1.165, 1.54) is 51.4 Å². The second-order valence-electron chi connectivity index (χ2n) is 3.66. The van der Waals surface area contributed by atoms with Gasteiger partial charge in [0.2, 0.25) is 0 Å². The van der Waals surface area contributed by atoms with Crippen LogP contribution in [-0.2, 0) is 0 Å². The van der Waals surface area contributed by atoms with Crippen molar-refractivity contribution in [2.24, 2.45) is 0 Å². The zero-order chi connectivity index (χ0) is 9.94. The Morgan fingerprint density at radius 2 is 1.46 bits per heavy atom. The molecule has 13 heavy (non-hydrogen) atoms. The van der Waals surface area contributed by atoms with Crippen molar-refractivity contribution in [2.45, 2.75) is 63.1 Å². The second-order valence-corrected chi connectivity index (χ2v) is 5.60. The van der Waals surface area contributed by atoms with Gasteiger partial charge < -0.3 is 0 Å². The summed E-state index contributed by atoms with van der Waals surface area (Å²) < 4.78 is 0. The molecule has 0 aliphatic carbocycles. The van der Waals surface area contributed by atoms with Crippen LogP contribution in [0.25, 0.3) is 0 Å². The summed E-state index contributed by atoms with van der Waals surface area (Å²) in [7, 11) is 0. The van der Waals surface area contributed by atoms with Crippen molar-refractivity contribution < 1.29 is 0 Å². The van der Waals surface area contributed by atoms with Crippen LogP contribution in [0.5, 0.6) is 0 Å². The van der Waals surface area contributed by atoms with Crippen LogP contribution in [0.1, 0.15) is 58.3 Å². The van der Waals surface area contributed by atoms with Gasteiger partial charge >= 0.3 is 0 Å². The van der Waals surface area contributed by atoms with E-state index in [-0.39, 0.29) is 0 Å². The first-order valence-electron chi connectivity index (χ1n) is 5.51. The van der Waals surface area contributed by atoms with Crippen LogP contribution in [-0.4, -0.2) is 10.2 Å². The van der Waals surface area contributed by atoms with Gasteiger partial charge in [0.25, 0.3) is 0 Å². The van der Waals surface area contributed by atoms with Gasteiger partial charge in [0.15, 0.2) is 0 Å². The van der Waals surface area contributed by atoms with Gasteiger partial charge in [-0.3, -0.25) is 0 Å². The lowest BCUT2D eigenvalue weighted by molar-refractivity contribution is 0.577. The lowest BCUT2D eigenvalue weighted by Crippen LogP contribution is -1.97. The number of halogens is 2. The molecule has 1 unspecified atom stereocenters. The van der Waals surface area contributed by atoms with Crippen LogP contribution >= 0.6 is 31.9 Å². The largest absolute Gasteiger partial charge is 0.0916 e. The molecule has 0 aromatic rings. The van der Waals surface area contributed by atoms with Crippen LogP contribution in [0, 0.1) is 0 Å². The Hall–Kier alpha value is 0.960. The van der Waals surface area contributed by atoms with Gasteiger partial charge in [0.05, 0.1) is 0 Å². The van der Waals surface area contributed by atoms with Crippen molar-refractivity contribution in [1.29, 1.82) is 0 Å². The zero-order valence-corrected chi connectivity index (χ0v) is 11.9. The third kappa shape index (κ3) is 10.9. The summed E-state index contributed by atoms with van der Waals surface area (Å²) in [5.74, 6) is 0. The molecule has 0 fully saturated rings. The molecule has 0 heterocycles. The summed E-state index contributed by atoms with van der Waals surface area (Å²) in [4.78, 5) is 0.683. The SMILES string of the molecule is CCCCCCCCCC(Br)CBr. The highest BCUT2D eigenvalue weighted by atomic mass is 79.9. The normalized spacial score (nSPS) is 13.2. The molecule has 0 amide bonds. The number of hydrogen-bond donors (Lipinski definition) is 0. The predicted molar refractivity (Wildman–Crippen MR) is 69.1 cm³/mol. The van der Waals surface area contributed by atoms with Crippen molar-refractivity contribution in [2.75, 3.05) is 5.33 Å². The lowest BCUT2D eigenvalue weighted by Gasteiger charge is -2.04. The number of alkyl halides is 2. The molecule has 0 radical (unpaired) electrons. The van der Waals surface area contributed by atoms with Crippen molar-refractivity contribution in [1.82, 2.24) is 0 Å². The first kappa shape index (κ1) is 14.0. The summed E-state index contributed by atoms with van der Waals surface area (Å²) in [5.41, 5.74) is 0. The molecule has 0 N–H and O–H groups in total. The standard InChI is InChI=1S/C11H22Br2/c1-2-3-4-5-6-7-8-9-11(13)10-12/h11H,2-10H2,1H3. The first-order valence-corrected chi connectivity index (χ1v) is 7.55. The highest BCUT2D eigenvalue weighted by Gasteiger charge is 2.00. The number of unbranched alkanes of at least 4 members (excludes halogenated alkanes) is 6. The van der Waals surface area contributed by atoms with Crippen molar-refractivity contribution in [3.8, 4) is 0 Å². The number of rotatable bonds is 9. The zero-order valence-electron chi connectivity index (χ0n) is 8.70. The van der Waals surface area contributed by atoms with Gasteiger partial charge in [-0.1, -0.05) is 83.7 Å². The maximum atomic E-state index is 3.62. The summed E-state index contributed by atoms with van der Waals surface area (Å²) in [5, 5.41) is 1.09. The molecule has 0 nitrogen and oxygen atoms in total. The third-order valence-electron chi connectivity index (χ3n) is 2.29. The van der Waals surface area contributed by atoms with Gasteiger partial charge in [-0.25, -0.2) is 0 Å². The van der Waals surface area contributed by atoms with Crippen molar-refractivity contribution in [3.63, 3.8) is 0 Å². The molecule has 0 aliphatic heterocycles. The number of hydrogen-bond acceptors (Lipinski definition) is 0. The smallest absolute Gasteiger partial charge is 0.0242 e. The average Bonchev–Trinajstić information content (AvgIpc) is 2.16. The molecule has 0 saturated heterocycles. The van der Waals surface area contributed by atoms with Gasteiger partial charge in [0, 0.05) is 10.2 Å². The van der Waals surface area contributed by atoms with Gasteiger partial charge in [-0.2, -0.15) is 0 Å². The molecule has 0 aliphatic rings. The molecule has 1 atom stereocenters. The quantitative estimate of drug-likeness (QED) is 0.401. The fourth-order valence-electron chi connectivity index (χ4n) is 1.40. The Labute approximate surface area is 100 Å². The molecule has 0 aromatic heterocycles. The fraction of sp³-hybridized carbons (Fsp3) is 1.00. The molecule has 0 spiro atoms. The third-order valence-corrected chi connectivity index (χ3v) is 4.72. The molecular formula is C11H22Br2. The van der Waals surface area contributed by atoms with Gasteiger partial charge in [0.1, 0.15) is 0 Å². The Morgan fingerprint density at radius 3 is 2.00 bits per heavy atom. The van der Waals surface area contributed by atoms with Crippen LogP contribution in [0.2, 0.25) is 0 Å². The highest BCUT2D eigenvalue weighted by molar-refractivity contribution is 9.12. The minimum atomic E-state index is 0.683. The molecule has 0 bridgehead atoms. The van der Waals surface area contributed by atoms with Gasteiger partial charge in [-0.15, -0.1) is 0 Å². The minimum Gasteiger partial charge on any atom is -0.0916 e. The molecule has 0 rings (SSSR count). The van der Waals surface area contributed by atoms with Crippen LogP contribution in [0.3, 0.4) is 0 Å². The lowest BCUT2D eigenvalue weighted by atomic mass is 10.1. The monoisotopic (exact) mass is 312 g/mol. The fourth-order valence-corrected chi connectivity index (χ4v) is 2.05. The van der Waals surface area contributed by atoms with E-state index in [0.717, 1.165) is 5.33 Å². The summed E-state index contributed by atoms with van der Waals surface area (Å²) in [6, 6.07) is 0. The Bertz CT molecular complexity index is 94.1. The maximum absolute atomic E-state index is 3.62. The van der Waals surface area contributed by atoms with E-state index in [4.69, 9.17) is 0 Å². The maximum Gasteiger partial charge on any atom is 0.0242 e.